The molecule has 0 aliphatic carbocycles. The molecule has 0 aliphatic rings. The van der Waals surface area contributed by atoms with E-state index in [1.54, 1.807) is 0 Å². The molecule has 0 fully saturated rings. The van der Waals surface area contributed by atoms with Gasteiger partial charge in [-0.3, -0.25) is 16.0 Å². The van der Waals surface area contributed by atoms with Crippen LogP contribution in [0.25, 0.3) is 0 Å². The van der Waals surface area contributed by atoms with Gasteiger partial charge in [-0.2, -0.15) is 5.10 Å². The predicted molar refractivity (Wildman–Crippen MR) is 75.4 cm³/mol. The Bertz CT molecular complexity index is 489. The van der Waals surface area contributed by atoms with Crippen LogP contribution in [0.2, 0.25) is 0 Å². The molecule has 0 bridgehead atoms. The van der Waals surface area contributed by atoms with Crippen molar-refractivity contribution in [2.75, 3.05) is 0 Å². The summed E-state index contributed by atoms with van der Waals surface area (Å²) in [5.74, 6) is 5.67. The summed E-state index contributed by atoms with van der Waals surface area (Å²) < 4.78 is 1.94. The van der Waals surface area contributed by atoms with Crippen molar-refractivity contribution in [1.82, 2.24) is 15.2 Å². The Labute approximate surface area is 112 Å². The lowest BCUT2D eigenvalue weighted by molar-refractivity contribution is 0.560. The van der Waals surface area contributed by atoms with Crippen LogP contribution in [0.4, 0.5) is 0 Å². The van der Waals surface area contributed by atoms with E-state index in [2.05, 4.69) is 42.7 Å². The molecule has 0 aliphatic heterocycles. The third-order valence-electron chi connectivity index (χ3n) is 3.03. The lowest BCUT2D eigenvalue weighted by Crippen LogP contribution is -2.28. The van der Waals surface area contributed by atoms with Crippen LogP contribution in [0.3, 0.4) is 0 Å². The number of aryl methyl sites for hydroxylation is 2. The molecule has 1 atom stereocenters. The normalized spacial score (nSPS) is 12.8. The van der Waals surface area contributed by atoms with Crippen molar-refractivity contribution in [2.24, 2.45) is 5.84 Å². The molecule has 2 rings (SSSR count). The lowest BCUT2D eigenvalue weighted by Gasteiger charge is -2.12. The van der Waals surface area contributed by atoms with E-state index in [1.165, 1.54) is 15.3 Å². The highest BCUT2D eigenvalue weighted by molar-refractivity contribution is 7.12. The number of nitrogens with one attached hydrogen (secondary N) is 1. The maximum Gasteiger partial charge on any atom is 0.0594 e. The molecule has 0 aromatic carbocycles. The molecule has 3 N–H and O–H groups in total. The van der Waals surface area contributed by atoms with Crippen LogP contribution in [0, 0.1) is 0 Å². The van der Waals surface area contributed by atoms with Gasteiger partial charge in [-0.1, -0.05) is 6.92 Å². The Balaban J connectivity index is 2.08. The smallest absolute Gasteiger partial charge is 0.0594 e. The minimum absolute atomic E-state index is 0.171. The minimum Gasteiger partial charge on any atom is -0.273 e. The first kappa shape index (κ1) is 13.3. The molecule has 0 radical (unpaired) electrons. The van der Waals surface area contributed by atoms with Crippen LogP contribution in [0.15, 0.2) is 24.5 Å². The molecular formula is C13H20N4S. The Kier molecular flexibility index (Phi) is 4.52. The van der Waals surface area contributed by atoms with Crippen LogP contribution in [0.5, 0.6) is 0 Å². The van der Waals surface area contributed by atoms with Crippen molar-refractivity contribution in [3.05, 3.63) is 39.8 Å². The van der Waals surface area contributed by atoms with Crippen molar-refractivity contribution < 1.29 is 0 Å². The average molecular weight is 264 g/mol. The molecule has 0 saturated carbocycles. The van der Waals surface area contributed by atoms with Crippen LogP contribution in [-0.4, -0.2) is 9.78 Å². The molecule has 18 heavy (non-hydrogen) atoms. The fraction of sp³-hybridized carbons (Fsp3) is 0.462. The van der Waals surface area contributed by atoms with Gasteiger partial charge in [-0.15, -0.1) is 11.3 Å². The molecule has 98 valence electrons. The van der Waals surface area contributed by atoms with Gasteiger partial charge in [0.25, 0.3) is 0 Å². The number of thiophene rings is 1. The Morgan fingerprint density at radius 2 is 2.28 bits per heavy atom. The summed E-state index contributed by atoms with van der Waals surface area (Å²) in [6, 6.07) is 4.52. The highest BCUT2D eigenvalue weighted by Crippen LogP contribution is 2.25. The average Bonchev–Trinajstić information content (AvgIpc) is 3.04. The Morgan fingerprint density at radius 3 is 2.83 bits per heavy atom. The van der Waals surface area contributed by atoms with E-state index >= 15 is 0 Å². The van der Waals surface area contributed by atoms with Crippen LogP contribution in [0.1, 0.15) is 35.2 Å². The van der Waals surface area contributed by atoms with E-state index in [0.29, 0.717) is 0 Å². The van der Waals surface area contributed by atoms with E-state index in [0.717, 1.165) is 19.4 Å². The molecular weight excluding hydrogens is 244 g/mol. The van der Waals surface area contributed by atoms with Crippen molar-refractivity contribution >= 4 is 11.3 Å². The van der Waals surface area contributed by atoms with E-state index in [1.807, 2.05) is 22.2 Å². The van der Waals surface area contributed by atoms with Gasteiger partial charge in [0.15, 0.2) is 0 Å². The van der Waals surface area contributed by atoms with Crippen LogP contribution < -0.4 is 11.3 Å². The minimum atomic E-state index is 0.171. The fourth-order valence-electron chi connectivity index (χ4n) is 1.93. The summed E-state index contributed by atoms with van der Waals surface area (Å²) in [6.07, 6.45) is 5.96. The predicted octanol–water partition coefficient (Wildman–Crippen LogP) is 2.27. The second-order valence-electron chi connectivity index (χ2n) is 4.29. The van der Waals surface area contributed by atoms with Gasteiger partial charge in [0.2, 0.25) is 0 Å². The van der Waals surface area contributed by atoms with Crippen LogP contribution >= 0.6 is 11.3 Å². The van der Waals surface area contributed by atoms with Gasteiger partial charge in [-0.05, 0) is 37.5 Å². The second-order valence-corrected chi connectivity index (χ2v) is 5.49. The van der Waals surface area contributed by atoms with Gasteiger partial charge >= 0.3 is 0 Å². The summed E-state index contributed by atoms with van der Waals surface area (Å²) in [4.78, 5) is 2.69. The largest absolute Gasteiger partial charge is 0.273 e. The second kappa shape index (κ2) is 6.13. The molecule has 2 heterocycles. The van der Waals surface area contributed by atoms with Crippen molar-refractivity contribution in [2.45, 2.75) is 39.3 Å². The summed E-state index contributed by atoms with van der Waals surface area (Å²) >= 11 is 1.83. The van der Waals surface area contributed by atoms with E-state index in [9.17, 15) is 0 Å². The summed E-state index contributed by atoms with van der Waals surface area (Å²) in [5, 5.41) is 4.29. The third kappa shape index (κ3) is 2.98. The molecule has 0 amide bonds. The number of nitrogens with zero attached hydrogens (tertiary/aromatic N) is 2. The highest BCUT2D eigenvalue weighted by atomic mass is 32.1. The third-order valence-corrected chi connectivity index (χ3v) is 4.37. The molecule has 2 aromatic heterocycles. The number of aromatic nitrogens is 2. The molecule has 0 spiro atoms. The maximum atomic E-state index is 5.67. The zero-order chi connectivity index (χ0) is 13.0. The molecule has 2 aromatic rings. The summed E-state index contributed by atoms with van der Waals surface area (Å²) in [7, 11) is 0. The van der Waals surface area contributed by atoms with Crippen LogP contribution in [-0.2, 0) is 19.4 Å². The fourth-order valence-corrected chi connectivity index (χ4v) is 2.95. The van der Waals surface area contributed by atoms with Crippen molar-refractivity contribution in [3.63, 3.8) is 0 Å². The van der Waals surface area contributed by atoms with Gasteiger partial charge in [-0.25, -0.2) is 0 Å². The monoisotopic (exact) mass is 264 g/mol. The number of hydrogen-bond acceptors (Lipinski definition) is 4. The van der Waals surface area contributed by atoms with Gasteiger partial charge < -0.3 is 0 Å². The van der Waals surface area contributed by atoms with Crippen molar-refractivity contribution in [1.29, 1.82) is 0 Å². The molecule has 5 heteroatoms. The molecule has 0 saturated heterocycles. The first-order valence-electron chi connectivity index (χ1n) is 6.32. The molecule has 1 unspecified atom stereocenters. The van der Waals surface area contributed by atoms with Gasteiger partial charge in [0.1, 0.15) is 0 Å². The lowest BCUT2D eigenvalue weighted by atomic mass is 10.1. The van der Waals surface area contributed by atoms with Gasteiger partial charge in [0, 0.05) is 22.5 Å². The van der Waals surface area contributed by atoms with E-state index < -0.39 is 0 Å². The first-order valence-corrected chi connectivity index (χ1v) is 7.14. The van der Waals surface area contributed by atoms with Crippen molar-refractivity contribution in [3.8, 4) is 0 Å². The topological polar surface area (TPSA) is 55.9 Å². The first-order chi connectivity index (χ1) is 8.76. The van der Waals surface area contributed by atoms with Gasteiger partial charge in [0.05, 0.1) is 12.2 Å². The van der Waals surface area contributed by atoms with E-state index in [4.69, 9.17) is 5.84 Å². The Hall–Kier alpha value is -1.17. The number of hydrazine groups is 1. The Morgan fingerprint density at radius 1 is 1.44 bits per heavy atom. The number of nitrogens with two attached hydrogens (primary N) is 1. The summed E-state index contributed by atoms with van der Waals surface area (Å²) in [6.45, 7) is 5.16. The standard InChI is InChI=1S/C13H20N4S/c1-3-11-5-6-13(18-11)12(16-14)7-10-8-15-17(4-2)9-10/h5-6,8-9,12,16H,3-4,7,14H2,1-2H3. The summed E-state index contributed by atoms with van der Waals surface area (Å²) in [5.41, 5.74) is 4.12. The van der Waals surface area contributed by atoms with E-state index in [-0.39, 0.29) is 6.04 Å². The number of hydrogen-bond donors (Lipinski definition) is 2. The zero-order valence-electron chi connectivity index (χ0n) is 10.9. The quantitative estimate of drug-likeness (QED) is 0.621. The SMILES string of the molecule is CCc1ccc(C(Cc2cnn(CC)c2)NN)s1. The molecule has 4 nitrogen and oxygen atoms in total. The zero-order valence-corrected chi connectivity index (χ0v) is 11.7. The highest BCUT2D eigenvalue weighted by Gasteiger charge is 2.13. The maximum absolute atomic E-state index is 5.67. The number of rotatable bonds is 6.